The second kappa shape index (κ2) is 6.84. The van der Waals surface area contributed by atoms with Crippen LogP contribution in [0.2, 0.25) is 5.02 Å². The smallest absolute Gasteiger partial charge is 0.211 e. The van der Waals surface area contributed by atoms with E-state index >= 15 is 0 Å². The molecule has 18 heavy (non-hydrogen) atoms. The van der Waals surface area contributed by atoms with Gasteiger partial charge in [-0.2, -0.15) is 0 Å². The highest BCUT2D eigenvalue weighted by atomic mass is 79.9. The molecule has 0 saturated carbocycles. The summed E-state index contributed by atoms with van der Waals surface area (Å²) in [6.45, 7) is 2.28. The van der Waals surface area contributed by atoms with Crippen LogP contribution in [0.25, 0.3) is 0 Å². The van der Waals surface area contributed by atoms with Gasteiger partial charge in [0.2, 0.25) is 10.0 Å². The highest BCUT2D eigenvalue weighted by Gasteiger charge is 2.18. The number of nitrogens with one attached hydrogen (secondary N) is 1. The van der Waals surface area contributed by atoms with Crippen molar-refractivity contribution < 1.29 is 12.8 Å². The number of sulfonamides is 1. The Labute approximate surface area is 120 Å². The van der Waals surface area contributed by atoms with Crippen LogP contribution in [0.4, 0.5) is 4.39 Å². The van der Waals surface area contributed by atoms with Crippen molar-refractivity contribution >= 4 is 37.6 Å². The van der Waals surface area contributed by atoms with Gasteiger partial charge < -0.3 is 0 Å². The molecule has 1 aromatic rings. The van der Waals surface area contributed by atoms with Gasteiger partial charge in [0, 0.05) is 11.4 Å². The molecule has 0 aliphatic rings. The molecule has 0 bridgehead atoms. The van der Waals surface area contributed by atoms with E-state index < -0.39 is 15.8 Å². The summed E-state index contributed by atoms with van der Waals surface area (Å²) in [5, 5.41) is 0.0118. The van der Waals surface area contributed by atoms with Crippen LogP contribution in [-0.2, 0) is 10.0 Å². The molecule has 0 aromatic heterocycles. The van der Waals surface area contributed by atoms with Gasteiger partial charge in [0.1, 0.15) is 10.7 Å². The molecule has 1 rings (SSSR count). The summed E-state index contributed by atoms with van der Waals surface area (Å²) in [7, 11) is -3.75. The number of halogens is 3. The standard InChI is InChI=1S/C11H14BrClFNO2S/c1-8(12)3-2-6-15-18(16,17)11-7-9(14)4-5-10(11)13/h4-5,7-8,15H,2-3,6H2,1H3. The van der Waals surface area contributed by atoms with Gasteiger partial charge >= 0.3 is 0 Å². The van der Waals surface area contributed by atoms with Gasteiger partial charge in [0.25, 0.3) is 0 Å². The average Bonchev–Trinajstić information content (AvgIpc) is 2.27. The van der Waals surface area contributed by atoms with Crippen LogP contribution in [0.15, 0.2) is 23.1 Å². The van der Waals surface area contributed by atoms with Crippen molar-refractivity contribution in [3.63, 3.8) is 0 Å². The SMILES string of the molecule is CC(Br)CCCNS(=O)(=O)c1cc(F)ccc1Cl. The van der Waals surface area contributed by atoms with Crippen LogP contribution < -0.4 is 4.72 Å². The van der Waals surface area contributed by atoms with Crippen molar-refractivity contribution in [2.45, 2.75) is 29.5 Å². The molecule has 0 fully saturated rings. The first-order chi connectivity index (χ1) is 8.33. The molecule has 1 aromatic carbocycles. The fourth-order valence-corrected chi connectivity index (χ4v) is 3.26. The number of rotatable bonds is 6. The molecule has 3 nitrogen and oxygen atoms in total. The van der Waals surface area contributed by atoms with Crippen molar-refractivity contribution in [1.82, 2.24) is 4.72 Å². The first kappa shape index (κ1) is 15.9. The molecule has 0 spiro atoms. The van der Waals surface area contributed by atoms with Gasteiger partial charge in [0.05, 0.1) is 5.02 Å². The predicted octanol–water partition coefficient (Wildman–Crippen LogP) is 3.32. The van der Waals surface area contributed by atoms with Crippen molar-refractivity contribution in [3.8, 4) is 0 Å². The van der Waals surface area contributed by atoms with Crippen LogP contribution in [0.1, 0.15) is 19.8 Å². The maximum absolute atomic E-state index is 13.0. The first-order valence-corrected chi connectivity index (χ1v) is 8.19. The van der Waals surface area contributed by atoms with E-state index in [2.05, 4.69) is 20.7 Å². The molecule has 1 N–H and O–H groups in total. The summed E-state index contributed by atoms with van der Waals surface area (Å²) in [5.74, 6) is -0.631. The number of hydrogen-bond acceptors (Lipinski definition) is 2. The van der Waals surface area contributed by atoms with Crippen LogP contribution in [0.5, 0.6) is 0 Å². The van der Waals surface area contributed by atoms with E-state index in [1.54, 1.807) is 0 Å². The van der Waals surface area contributed by atoms with E-state index in [9.17, 15) is 12.8 Å². The van der Waals surface area contributed by atoms with E-state index in [-0.39, 0.29) is 9.92 Å². The topological polar surface area (TPSA) is 46.2 Å². The van der Waals surface area contributed by atoms with Crippen LogP contribution in [-0.4, -0.2) is 19.8 Å². The molecule has 0 radical (unpaired) electrons. The monoisotopic (exact) mass is 357 g/mol. The van der Waals surface area contributed by atoms with Gasteiger partial charge in [-0.05, 0) is 31.0 Å². The Bertz CT molecular complexity index is 508. The third-order valence-electron chi connectivity index (χ3n) is 2.25. The second-order valence-corrected chi connectivity index (χ2v) is 7.60. The van der Waals surface area contributed by atoms with Crippen molar-refractivity contribution in [3.05, 3.63) is 29.0 Å². The average molecular weight is 359 g/mol. The van der Waals surface area contributed by atoms with Gasteiger partial charge in [-0.3, -0.25) is 0 Å². The zero-order valence-electron chi connectivity index (χ0n) is 9.79. The Balaban J connectivity index is 2.71. The Hall–Kier alpha value is -0.170. The lowest BCUT2D eigenvalue weighted by molar-refractivity contribution is 0.573. The third kappa shape index (κ3) is 4.84. The summed E-state index contributed by atoms with van der Waals surface area (Å²) < 4.78 is 39.2. The summed E-state index contributed by atoms with van der Waals surface area (Å²) >= 11 is 9.12. The molecular formula is C11H14BrClFNO2S. The van der Waals surface area contributed by atoms with Crippen molar-refractivity contribution in [2.75, 3.05) is 6.54 Å². The Morgan fingerprint density at radius 2 is 2.17 bits per heavy atom. The lowest BCUT2D eigenvalue weighted by Gasteiger charge is -2.09. The first-order valence-electron chi connectivity index (χ1n) is 5.41. The predicted molar refractivity (Wildman–Crippen MR) is 74.2 cm³/mol. The largest absolute Gasteiger partial charge is 0.242 e. The number of benzene rings is 1. The molecular weight excluding hydrogens is 345 g/mol. The van der Waals surface area contributed by atoms with E-state index in [0.717, 1.165) is 18.6 Å². The fraction of sp³-hybridized carbons (Fsp3) is 0.455. The Morgan fingerprint density at radius 1 is 1.50 bits per heavy atom. The maximum atomic E-state index is 13.0. The summed E-state index contributed by atoms with van der Waals surface area (Å²) in [4.78, 5) is 0.107. The molecule has 1 atom stereocenters. The van der Waals surface area contributed by atoms with Gasteiger partial charge in [0.15, 0.2) is 0 Å². The summed E-state index contributed by atoms with van der Waals surface area (Å²) in [5.41, 5.74) is 0. The van der Waals surface area contributed by atoms with Gasteiger partial charge in [-0.25, -0.2) is 17.5 Å². The maximum Gasteiger partial charge on any atom is 0.242 e. The zero-order chi connectivity index (χ0) is 13.8. The molecule has 0 saturated heterocycles. The highest BCUT2D eigenvalue weighted by Crippen LogP contribution is 2.21. The quantitative estimate of drug-likeness (QED) is 0.626. The zero-order valence-corrected chi connectivity index (χ0v) is 12.9. The summed E-state index contributed by atoms with van der Waals surface area (Å²) in [6.07, 6.45) is 1.54. The lowest BCUT2D eigenvalue weighted by atomic mass is 10.2. The van der Waals surface area contributed by atoms with Crippen LogP contribution >= 0.6 is 27.5 Å². The molecule has 0 heterocycles. The Morgan fingerprint density at radius 3 is 2.78 bits per heavy atom. The van der Waals surface area contributed by atoms with E-state index in [1.807, 2.05) is 6.92 Å². The van der Waals surface area contributed by atoms with E-state index in [0.29, 0.717) is 17.8 Å². The van der Waals surface area contributed by atoms with Crippen molar-refractivity contribution in [2.24, 2.45) is 0 Å². The van der Waals surface area contributed by atoms with Gasteiger partial charge in [-0.1, -0.05) is 34.5 Å². The molecule has 102 valence electrons. The summed E-state index contributed by atoms with van der Waals surface area (Å²) in [6, 6.07) is 3.26. The van der Waals surface area contributed by atoms with E-state index in [1.165, 1.54) is 6.07 Å². The van der Waals surface area contributed by atoms with Gasteiger partial charge in [-0.15, -0.1) is 0 Å². The molecule has 0 aliphatic carbocycles. The number of hydrogen-bond donors (Lipinski definition) is 1. The van der Waals surface area contributed by atoms with E-state index in [4.69, 9.17) is 11.6 Å². The van der Waals surface area contributed by atoms with Crippen LogP contribution in [0.3, 0.4) is 0 Å². The third-order valence-corrected chi connectivity index (χ3v) is 4.65. The second-order valence-electron chi connectivity index (χ2n) is 3.90. The highest BCUT2D eigenvalue weighted by molar-refractivity contribution is 9.09. The minimum Gasteiger partial charge on any atom is -0.211 e. The molecule has 0 aliphatic heterocycles. The fourth-order valence-electron chi connectivity index (χ4n) is 1.35. The molecule has 7 heteroatoms. The van der Waals surface area contributed by atoms with Crippen molar-refractivity contribution in [1.29, 1.82) is 0 Å². The number of alkyl halides is 1. The normalized spacial score (nSPS) is 13.6. The van der Waals surface area contributed by atoms with Crippen LogP contribution in [0, 0.1) is 5.82 Å². The minimum absolute atomic E-state index is 0.0118. The lowest BCUT2D eigenvalue weighted by Crippen LogP contribution is -2.25. The Kier molecular flexibility index (Phi) is 6.04. The minimum atomic E-state index is -3.75. The molecule has 0 amide bonds. The molecule has 1 unspecified atom stereocenters.